The highest BCUT2D eigenvalue weighted by atomic mass is 19.4. The fourth-order valence-electron chi connectivity index (χ4n) is 3.76. The minimum Gasteiger partial charge on any atom is -0.489 e. The van der Waals surface area contributed by atoms with Crippen LogP contribution >= 0.6 is 0 Å². The lowest BCUT2D eigenvalue weighted by molar-refractivity contribution is -0.141. The summed E-state index contributed by atoms with van der Waals surface area (Å²) in [4.78, 5) is 8.04. The Morgan fingerprint density at radius 1 is 0.971 bits per heavy atom. The molecule has 0 unspecified atom stereocenters. The van der Waals surface area contributed by atoms with Crippen LogP contribution in [0.2, 0.25) is 0 Å². The van der Waals surface area contributed by atoms with Gasteiger partial charge in [-0.1, -0.05) is 17.3 Å². The smallest absolute Gasteiger partial charge is 0.433 e. The van der Waals surface area contributed by atoms with Crippen LogP contribution in [-0.2, 0) is 25.7 Å². The van der Waals surface area contributed by atoms with E-state index in [9.17, 15) is 13.2 Å². The lowest BCUT2D eigenvalue weighted by Crippen LogP contribution is -2.07. The Bertz CT molecular complexity index is 1260. The Kier molecular flexibility index (Phi) is 7.43. The third-order valence-corrected chi connectivity index (χ3v) is 5.81. The fourth-order valence-corrected chi connectivity index (χ4v) is 3.76. The summed E-state index contributed by atoms with van der Waals surface area (Å²) in [5.74, 6) is 0.782. The van der Waals surface area contributed by atoms with Gasteiger partial charge in [0.15, 0.2) is 0 Å². The van der Waals surface area contributed by atoms with Gasteiger partial charge in [0.1, 0.15) is 18.1 Å². The van der Waals surface area contributed by atoms with Crippen molar-refractivity contribution < 1.29 is 17.9 Å². The molecule has 182 valence electrons. The van der Waals surface area contributed by atoms with Crippen LogP contribution in [0.5, 0.6) is 5.75 Å². The maximum atomic E-state index is 12.7. The molecule has 0 N–H and O–H groups in total. The molecule has 1 aromatic carbocycles. The van der Waals surface area contributed by atoms with Gasteiger partial charge in [-0.2, -0.15) is 13.2 Å². The molecule has 0 saturated carbocycles. The third kappa shape index (κ3) is 6.44. The molecule has 4 aromatic rings. The number of benzene rings is 1. The van der Waals surface area contributed by atoms with E-state index in [-0.39, 0.29) is 0 Å². The third-order valence-electron chi connectivity index (χ3n) is 5.81. The van der Waals surface area contributed by atoms with Crippen LogP contribution in [0.1, 0.15) is 40.9 Å². The quantitative estimate of drug-likeness (QED) is 0.276. The number of nitrogens with zero attached hydrogens (tertiary/aromatic N) is 5. The lowest BCUT2D eigenvalue weighted by Gasteiger charge is -2.12. The second-order valence-corrected chi connectivity index (χ2v) is 8.37. The van der Waals surface area contributed by atoms with Gasteiger partial charge in [-0.05, 0) is 74.6 Å². The van der Waals surface area contributed by atoms with E-state index in [1.165, 1.54) is 23.4 Å². The number of pyridine rings is 2. The van der Waals surface area contributed by atoms with Gasteiger partial charge in [0.2, 0.25) is 0 Å². The van der Waals surface area contributed by atoms with E-state index in [0.717, 1.165) is 48.9 Å². The van der Waals surface area contributed by atoms with Crippen molar-refractivity contribution in [2.75, 3.05) is 0 Å². The van der Waals surface area contributed by atoms with Crippen molar-refractivity contribution in [3.05, 3.63) is 89.1 Å². The summed E-state index contributed by atoms with van der Waals surface area (Å²) in [6, 6.07) is 12.1. The molecular weight excluding hydrogens is 455 g/mol. The normalized spacial score (nSPS) is 11.6. The topological polar surface area (TPSA) is 65.7 Å². The van der Waals surface area contributed by atoms with Gasteiger partial charge in [0.25, 0.3) is 0 Å². The summed E-state index contributed by atoms with van der Waals surface area (Å²) < 4.78 is 46.0. The Morgan fingerprint density at radius 3 is 2.46 bits per heavy atom. The summed E-state index contributed by atoms with van der Waals surface area (Å²) in [6.45, 7) is 5.15. The molecule has 35 heavy (non-hydrogen) atoms. The van der Waals surface area contributed by atoms with E-state index < -0.39 is 11.9 Å². The van der Waals surface area contributed by atoms with E-state index >= 15 is 0 Å². The van der Waals surface area contributed by atoms with Crippen LogP contribution in [0, 0.1) is 13.8 Å². The van der Waals surface area contributed by atoms with Crippen LogP contribution in [-0.4, -0.2) is 25.0 Å². The Balaban J connectivity index is 1.32. The first-order valence-electron chi connectivity index (χ1n) is 11.4. The largest absolute Gasteiger partial charge is 0.489 e. The number of hydrogen-bond donors (Lipinski definition) is 0. The molecule has 0 spiro atoms. The average molecular weight is 482 g/mol. The van der Waals surface area contributed by atoms with Gasteiger partial charge in [-0.3, -0.25) is 14.6 Å². The standard InChI is InChI=1S/C26H26F3N5O/c1-18-15-23(9-6-20(18)5-3-4-13-34-14-12-31-33-34)35-17-22-7-10-24(32-19(22)2)21-8-11-25(30-16-21)26(27,28)29/h6-12,14-16H,3-5,13,17H2,1-2H3. The number of unbranched alkanes of at least 4 members (excludes halogenated alkanes) is 1. The van der Waals surface area contributed by atoms with Crippen LogP contribution in [0.4, 0.5) is 13.2 Å². The van der Waals surface area contributed by atoms with Crippen molar-refractivity contribution in [2.24, 2.45) is 0 Å². The van der Waals surface area contributed by atoms with E-state index in [1.54, 1.807) is 12.3 Å². The van der Waals surface area contributed by atoms with Crippen molar-refractivity contribution in [3.63, 3.8) is 0 Å². The van der Waals surface area contributed by atoms with Gasteiger partial charge >= 0.3 is 6.18 Å². The van der Waals surface area contributed by atoms with Crippen molar-refractivity contribution in [1.29, 1.82) is 0 Å². The molecule has 9 heteroatoms. The van der Waals surface area contributed by atoms with Crippen molar-refractivity contribution in [3.8, 4) is 17.0 Å². The summed E-state index contributed by atoms with van der Waals surface area (Å²) in [5, 5.41) is 7.79. The zero-order valence-corrected chi connectivity index (χ0v) is 19.6. The first-order valence-corrected chi connectivity index (χ1v) is 11.4. The molecule has 0 aliphatic heterocycles. The molecule has 0 fully saturated rings. The molecule has 4 rings (SSSR count). The maximum Gasteiger partial charge on any atom is 0.433 e. The van der Waals surface area contributed by atoms with Gasteiger partial charge in [-0.15, -0.1) is 5.10 Å². The van der Waals surface area contributed by atoms with Crippen LogP contribution in [0.3, 0.4) is 0 Å². The number of alkyl halides is 3. The summed E-state index contributed by atoms with van der Waals surface area (Å²) in [7, 11) is 0. The molecule has 0 amide bonds. The highest BCUT2D eigenvalue weighted by Crippen LogP contribution is 2.29. The molecule has 0 radical (unpaired) electrons. The SMILES string of the molecule is Cc1cc(OCc2ccc(-c3ccc(C(F)(F)F)nc3)nc2C)ccc1CCCCn1ccnn1. The number of aryl methyl sites for hydroxylation is 4. The van der Waals surface area contributed by atoms with Crippen LogP contribution < -0.4 is 4.74 Å². The number of rotatable bonds is 9. The molecule has 0 atom stereocenters. The molecule has 6 nitrogen and oxygen atoms in total. The second-order valence-electron chi connectivity index (χ2n) is 8.37. The molecule has 0 saturated heterocycles. The van der Waals surface area contributed by atoms with Crippen molar-refractivity contribution in [1.82, 2.24) is 25.0 Å². The highest BCUT2D eigenvalue weighted by molar-refractivity contribution is 5.58. The van der Waals surface area contributed by atoms with Gasteiger partial charge in [0, 0.05) is 35.8 Å². The van der Waals surface area contributed by atoms with Crippen LogP contribution in [0.25, 0.3) is 11.3 Å². The van der Waals surface area contributed by atoms with E-state index in [0.29, 0.717) is 17.9 Å². The molecule has 3 heterocycles. The summed E-state index contributed by atoms with van der Waals surface area (Å²) in [6.07, 6.45) is 3.38. The number of halogens is 3. The molecule has 3 aromatic heterocycles. The lowest BCUT2D eigenvalue weighted by atomic mass is 10.0. The van der Waals surface area contributed by atoms with E-state index in [2.05, 4.69) is 33.3 Å². The highest BCUT2D eigenvalue weighted by Gasteiger charge is 2.32. The van der Waals surface area contributed by atoms with E-state index in [4.69, 9.17) is 4.74 Å². The average Bonchev–Trinajstić information content (AvgIpc) is 3.35. The summed E-state index contributed by atoms with van der Waals surface area (Å²) in [5.41, 5.74) is 4.31. The Labute approximate surface area is 201 Å². The minimum absolute atomic E-state index is 0.348. The van der Waals surface area contributed by atoms with Gasteiger partial charge in [0.05, 0.1) is 11.9 Å². The molecule has 0 aliphatic carbocycles. The Hall–Kier alpha value is -3.75. The monoisotopic (exact) mass is 481 g/mol. The van der Waals surface area contributed by atoms with Gasteiger partial charge < -0.3 is 4.74 Å². The zero-order valence-electron chi connectivity index (χ0n) is 19.6. The maximum absolute atomic E-state index is 12.7. The first-order chi connectivity index (χ1) is 16.8. The van der Waals surface area contributed by atoms with Crippen LogP contribution in [0.15, 0.2) is 61.1 Å². The number of ether oxygens (including phenoxy) is 1. The predicted octanol–water partition coefficient (Wildman–Crippen LogP) is 5.97. The Morgan fingerprint density at radius 2 is 1.80 bits per heavy atom. The minimum atomic E-state index is -4.46. The number of hydrogen-bond acceptors (Lipinski definition) is 5. The van der Waals surface area contributed by atoms with Crippen molar-refractivity contribution in [2.45, 2.75) is 52.4 Å². The predicted molar refractivity (Wildman–Crippen MR) is 126 cm³/mol. The van der Waals surface area contributed by atoms with E-state index in [1.807, 2.05) is 36.0 Å². The fraction of sp³-hybridized carbons (Fsp3) is 0.308. The molecular formula is C26H26F3N5O. The number of aromatic nitrogens is 5. The van der Waals surface area contributed by atoms with Gasteiger partial charge in [-0.25, -0.2) is 0 Å². The molecule has 0 bridgehead atoms. The molecule has 0 aliphatic rings. The van der Waals surface area contributed by atoms with Crippen molar-refractivity contribution >= 4 is 0 Å². The summed E-state index contributed by atoms with van der Waals surface area (Å²) >= 11 is 0. The zero-order chi connectivity index (χ0) is 24.8. The first kappa shape index (κ1) is 24.4. The second kappa shape index (κ2) is 10.7.